The van der Waals surface area contributed by atoms with Gasteiger partial charge in [0.1, 0.15) is 0 Å². The Labute approximate surface area is 110 Å². The van der Waals surface area contributed by atoms with Crippen LogP contribution in [0.3, 0.4) is 0 Å². The second kappa shape index (κ2) is 5.68. The fourth-order valence-corrected chi connectivity index (χ4v) is 3.14. The van der Waals surface area contributed by atoms with Gasteiger partial charge in [0, 0.05) is 19.6 Å². The highest BCUT2D eigenvalue weighted by Crippen LogP contribution is 2.28. The Bertz CT molecular complexity index is 391. The fourth-order valence-electron chi connectivity index (χ4n) is 3.14. The first-order valence-corrected chi connectivity index (χ1v) is 7.11. The van der Waals surface area contributed by atoms with E-state index in [1.165, 1.54) is 31.5 Å². The maximum atomic E-state index is 3.58. The third-order valence-corrected chi connectivity index (χ3v) is 4.24. The van der Waals surface area contributed by atoms with Gasteiger partial charge in [-0.3, -0.25) is 10.2 Å². The molecule has 2 heterocycles. The van der Waals surface area contributed by atoms with Crippen LogP contribution >= 0.6 is 0 Å². The first kappa shape index (κ1) is 11.9. The van der Waals surface area contributed by atoms with Gasteiger partial charge in [0.05, 0.1) is 6.17 Å². The van der Waals surface area contributed by atoms with E-state index in [4.69, 9.17) is 0 Å². The highest BCUT2D eigenvalue weighted by molar-refractivity contribution is 5.20. The van der Waals surface area contributed by atoms with Gasteiger partial charge < -0.3 is 0 Å². The van der Waals surface area contributed by atoms with E-state index in [1.54, 1.807) is 0 Å². The molecule has 1 aromatic rings. The lowest BCUT2D eigenvalue weighted by Gasteiger charge is -2.38. The summed E-state index contributed by atoms with van der Waals surface area (Å²) in [5.74, 6) is 0.765. The van der Waals surface area contributed by atoms with Crippen LogP contribution in [-0.2, 0) is 0 Å². The molecule has 1 N–H and O–H groups in total. The lowest BCUT2D eigenvalue weighted by atomic mass is 9.89. The van der Waals surface area contributed by atoms with E-state index >= 15 is 0 Å². The number of likely N-dealkylation sites (tertiary alicyclic amines) is 1. The maximum absolute atomic E-state index is 3.58. The molecule has 0 amide bonds. The number of hydrogen-bond acceptors (Lipinski definition) is 2. The summed E-state index contributed by atoms with van der Waals surface area (Å²) in [5.41, 5.74) is 1.52. The molecule has 1 fully saturated rings. The number of benzene rings is 1. The van der Waals surface area contributed by atoms with Crippen LogP contribution in [0.5, 0.6) is 0 Å². The average Bonchev–Trinajstić information content (AvgIpc) is 2.49. The van der Waals surface area contributed by atoms with Crippen LogP contribution in [0.4, 0.5) is 0 Å². The van der Waals surface area contributed by atoms with E-state index in [0.29, 0.717) is 6.17 Å². The van der Waals surface area contributed by atoms with Crippen molar-refractivity contribution >= 4 is 0 Å². The lowest BCUT2D eigenvalue weighted by Crippen LogP contribution is -2.49. The van der Waals surface area contributed by atoms with Gasteiger partial charge in [0.15, 0.2) is 0 Å². The highest BCUT2D eigenvalue weighted by Gasteiger charge is 2.25. The second-order valence-corrected chi connectivity index (χ2v) is 5.35. The van der Waals surface area contributed by atoms with E-state index in [0.717, 1.165) is 18.9 Å². The van der Waals surface area contributed by atoms with E-state index in [-0.39, 0.29) is 0 Å². The molecule has 0 spiro atoms. The molecule has 0 radical (unpaired) electrons. The second-order valence-electron chi connectivity index (χ2n) is 5.35. The predicted octanol–water partition coefficient (Wildman–Crippen LogP) is 2.74. The van der Waals surface area contributed by atoms with Crippen molar-refractivity contribution in [2.45, 2.75) is 31.3 Å². The van der Waals surface area contributed by atoms with Crippen LogP contribution in [0.1, 0.15) is 30.7 Å². The third-order valence-electron chi connectivity index (χ3n) is 4.24. The summed E-state index contributed by atoms with van der Waals surface area (Å²) in [5, 5.41) is 3.58. The summed E-state index contributed by atoms with van der Waals surface area (Å²) in [6, 6.07) is 11.0. The number of hydrogen-bond donors (Lipinski definition) is 1. The molecule has 1 saturated heterocycles. The summed E-state index contributed by atoms with van der Waals surface area (Å²) in [4.78, 5) is 2.61. The van der Waals surface area contributed by atoms with E-state index in [9.17, 15) is 0 Å². The topological polar surface area (TPSA) is 15.3 Å². The van der Waals surface area contributed by atoms with Crippen molar-refractivity contribution < 1.29 is 0 Å². The molecule has 1 atom stereocenters. The van der Waals surface area contributed by atoms with Gasteiger partial charge in [-0.15, -0.1) is 0 Å². The Hall–Kier alpha value is -1.12. The zero-order valence-corrected chi connectivity index (χ0v) is 10.9. The van der Waals surface area contributed by atoms with Crippen molar-refractivity contribution in [2.75, 3.05) is 19.6 Å². The Balaban J connectivity index is 1.56. The van der Waals surface area contributed by atoms with Crippen LogP contribution in [0.2, 0.25) is 0 Å². The van der Waals surface area contributed by atoms with Crippen LogP contribution in [0.25, 0.3) is 0 Å². The van der Waals surface area contributed by atoms with Crippen LogP contribution in [0, 0.1) is 0 Å². The van der Waals surface area contributed by atoms with Crippen LogP contribution < -0.4 is 5.32 Å². The molecule has 3 rings (SSSR count). The zero-order chi connectivity index (χ0) is 12.2. The Morgan fingerprint density at radius 3 is 2.44 bits per heavy atom. The van der Waals surface area contributed by atoms with E-state index in [1.807, 2.05) is 0 Å². The number of rotatable bonds is 2. The number of nitrogens with zero attached hydrogens (tertiary/aromatic N) is 1. The molecule has 18 heavy (non-hydrogen) atoms. The van der Waals surface area contributed by atoms with Gasteiger partial charge in [-0.05, 0) is 30.7 Å². The monoisotopic (exact) mass is 242 g/mol. The molecule has 1 aromatic carbocycles. The lowest BCUT2D eigenvalue weighted by molar-refractivity contribution is 0.128. The molecule has 0 aromatic heterocycles. The van der Waals surface area contributed by atoms with Gasteiger partial charge in [0.25, 0.3) is 0 Å². The summed E-state index contributed by atoms with van der Waals surface area (Å²) in [7, 11) is 0. The first-order chi connectivity index (χ1) is 8.93. The van der Waals surface area contributed by atoms with Gasteiger partial charge in [0.2, 0.25) is 0 Å². The van der Waals surface area contributed by atoms with Crippen LogP contribution in [0.15, 0.2) is 42.5 Å². The highest BCUT2D eigenvalue weighted by atomic mass is 15.3. The smallest absolute Gasteiger partial charge is 0.0634 e. The molecule has 2 heteroatoms. The van der Waals surface area contributed by atoms with Gasteiger partial charge >= 0.3 is 0 Å². The van der Waals surface area contributed by atoms with Crippen LogP contribution in [-0.4, -0.2) is 30.7 Å². The molecular formula is C16H22N2. The predicted molar refractivity (Wildman–Crippen MR) is 75.5 cm³/mol. The summed E-state index contributed by atoms with van der Waals surface area (Å²) in [6.07, 6.45) is 8.87. The Morgan fingerprint density at radius 1 is 1.00 bits per heavy atom. The molecule has 2 aliphatic rings. The minimum Gasteiger partial charge on any atom is -0.298 e. The number of nitrogens with one attached hydrogen (secondary N) is 1. The molecule has 2 aliphatic heterocycles. The largest absolute Gasteiger partial charge is 0.298 e. The minimum absolute atomic E-state index is 0.576. The molecule has 0 saturated carbocycles. The Morgan fingerprint density at radius 2 is 1.78 bits per heavy atom. The third kappa shape index (κ3) is 2.65. The Kier molecular flexibility index (Phi) is 3.77. The van der Waals surface area contributed by atoms with Crippen molar-refractivity contribution in [3.8, 4) is 0 Å². The van der Waals surface area contributed by atoms with Gasteiger partial charge in [-0.2, -0.15) is 0 Å². The quantitative estimate of drug-likeness (QED) is 0.802. The number of piperidine rings is 1. The summed E-state index contributed by atoms with van der Waals surface area (Å²) < 4.78 is 0. The average molecular weight is 242 g/mol. The van der Waals surface area contributed by atoms with Crippen molar-refractivity contribution in [1.29, 1.82) is 0 Å². The first-order valence-electron chi connectivity index (χ1n) is 7.11. The maximum Gasteiger partial charge on any atom is 0.0634 e. The summed E-state index contributed by atoms with van der Waals surface area (Å²) >= 11 is 0. The van der Waals surface area contributed by atoms with Crippen molar-refractivity contribution in [3.05, 3.63) is 48.0 Å². The van der Waals surface area contributed by atoms with Gasteiger partial charge in [-0.25, -0.2) is 0 Å². The van der Waals surface area contributed by atoms with E-state index < -0.39 is 0 Å². The minimum atomic E-state index is 0.576. The molecule has 2 nitrogen and oxygen atoms in total. The molecule has 96 valence electrons. The molecular weight excluding hydrogens is 220 g/mol. The van der Waals surface area contributed by atoms with Gasteiger partial charge in [-0.1, -0.05) is 42.5 Å². The molecule has 1 unspecified atom stereocenters. The zero-order valence-electron chi connectivity index (χ0n) is 10.9. The molecule has 0 bridgehead atoms. The van der Waals surface area contributed by atoms with E-state index in [2.05, 4.69) is 52.7 Å². The fraction of sp³-hybridized carbons (Fsp3) is 0.500. The molecule has 0 aliphatic carbocycles. The van der Waals surface area contributed by atoms with Crippen molar-refractivity contribution in [3.63, 3.8) is 0 Å². The SMILES string of the molecule is C1=CCC(N2CCC(c3ccccc3)CC2)NC1. The standard InChI is InChI=1S/C16H22N2/c1-2-6-14(7-3-1)15-9-12-18(13-10-15)16-8-4-5-11-17-16/h1-7,15-17H,8-13H2. The summed E-state index contributed by atoms with van der Waals surface area (Å²) in [6.45, 7) is 3.49. The van der Waals surface area contributed by atoms with Crippen molar-refractivity contribution in [1.82, 2.24) is 10.2 Å². The van der Waals surface area contributed by atoms with Crippen molar-refractivity contribution in [2.24, 2.45) is 0 Å². The normalized spacial score (nSPS) is 26.3.